The van der Waals surface area contributed by atoms with E-state index in [2.05, 4.69) is 59.5 Å². The molecule has 2 atom stereocenters. The molecule has 48 heavy (non-hydrogen) atoms. The number of hydrogen-bond acceptors (Lipinski definition) is 8. The minimum absolute atomic E-state index is 0.0184. The number of nitrogens with zero attached hydrogens (tertiary/aromatic N) is 2. The van der Waals surface area contributed by atoms with Crippen LogP contribution in [0.25, 0.3) is 0 Å². The first-order valence-corrected chi connectivity index (χ1v) is 16.6. The smallest absolute Gasteiger partial charge is 0.254 e. The van der Waals surface area contributed by atoms with Gasteiger partial charge in [0.25, 0.3) is 5.91 Å². The first-order valence-electron chi connectivity index (χ1n) is 16.6. The van der Waals surface area contributed by atoms with Gasteiger partial charge >= 0.3 is 0 Å². The molecule has 4 aromatic carbocycles. The van der Waals surface area contributed by atoms with Crippen LogP contribution in [0.5, 0.6) is 34.5 Å². The van der Waals surface area contributed by atoms with Crippen LogP contribution < -0.4 is 24.3 Å². The Kier molecular flexibility index (Phi) is 8.76. The molecule has 0 radical (unpaired) electrons. The Morgan fingerprint density at radius 3 is 2.27 bits per heavy atom. The van der Waals surface area contributed by atoms with E-state index in [1.54, 1.807) is 21.3 Å². The molecule has 4 aromatic rings. The minimum Gasteiger partial charge on any atom is -0.493 e. The zero-order chi connectivity index (χ0) is 33.5. The Morgan fingerprint density at radius 2 is 1.56 bits per heavy atom. The van der Waals surface area contributed by atoms with Crippen molar-refractivity contribution in [3.8, 4) is 34.5 Å². The summed E-state index contributed by atoms with van der Waals surface area (Å²) >= 11 is 0. The highest BCUT2D eigenvalue weighted by Crippen LogP contribution is 2.49. The lowest BCUT2D eigenvalue weighted by Gasteiger charge is -2.37. The van der Waals surface area contributed by atoms with Gasteiger partial charge in [0.15, 0.2) is 23.0 Å². The molecule has 4 aliphatic heterocycles. The number of hydrogen-bond donors (Lipinski definition) is 2. The highest BCUT2D eigenvalue weighted by atomic mass is 16.5. The van der Waals surface area contributed by atoms with Crippen LogP contribution in [0.3, 0.4) is 0 Å². The SMILES string of the molecule is CNC(=O)c1ccc2cc1Oc1ccc(cc1)C[C@H]1c3c(cc(CO)c(OC)c3Oc3cc4c(cc3OC)CCN(C)[C@@H]4C2)CCN1C. The fraction of sp³-hybridized carbons (Fsp3) is 0.359. The van der Waals surface area contributed by atoms with E-state index in [1.807, 2.05) is 30.3 Å². The molecule has 0 unspecified atom stereocenters. The van der Waals surface area contributed by atoms with Crippen LogP contribution >= 0.6 is 0 Å². The summed E-state index contributed by atoms with van der Waals surface area (Å²) in [6, 6.07) is 20.2. The zero-order valence-corrected chi connectivity index (χ0v) is 28.3. The van der Waals surface area contributed by atoms with Crippen molar-refractivity contribution in [2.24, 2.45) is 0 Å². The zero-order valence-electron chi connectivity index (χ0n) is 28.3. The number of carbonyl (C=O) groups is 1. The molecule has 4 heterocycles. The molecule has 9 nitrogen and oxygen atoms in total. The summed E-state index contributed by atoms with van der Waals surface area (Å²) in [5.74, 6) is 3.39. The van der Waals surface area contributed by atoms with Crippen molar-refractivity contribution in [3.05, 3.63) is 105 Å². The van der Waals surface area contributed by atoms with E-state index < -0.39 is 0 Å². The summed E-state index contributed by atoms with van der Waals surface area (Å²) in [6.45, 7) is 1.59. The third-order valence-electron chi connectivity index (χ3n) is 10.2. The second kappa shape index (κ2) is 13.1. The van der Waals surface area contributed by atoms with Crippen molar-refractivity contribution in [1.29, 1.82) is 0 Å². The number of ether oxygens (including phenoxy) is 4. The molecule has 8 rings (SSSR count). The summed E-state index contributed by atoms with van der Waals surface area (Å²) in [5, 5.41) is 13.2. The Labute approximate surface area is 282 Å². The largest absolute Gasteiger partial charge is 0.493 e. The second-order valence-electron chi connectivity index (χ2n) is 13.0. The summed E-state index contributed by atoms with van der Waals surface area (Å²) in [5.41, 5.74) is 7.93. The molecule has 2 N–H and O–H groups in total. The molecule has 0 aromatic heterocycles. The lowest BCUT2D eigenvalue weighted by Crippen LogP contribution is -2.34. The molecule has 4 aliphatic rings. The van der Waals surface area contributed by atoms with Gasteiger partial charge in [-0.1, -0.05) is 18.2 Å². The highest BCUT2D eigenvalue weighted by molar-refractivity contribution is 5.97. The van der Waals surface area contributed by atoms with Crippen molar-refractivity contribution in [2.45, 2.75) is 44.4 Å². The summed E-state index contributed by atoms with van der Waals surface area (Å²) < 4.78 is 25.4. The number of carbonyl (C=O) groups excluding carboxylic acids is 1. The quantitative estimate of drug-likeness (QED) is 0.278. The van der Waals surface area contributed by atoms with Crippen LogP contribution in [0.15, 0.2) is 60.7 Å². The number of aliphatic hydroxyl groups is 1. The summed E-state index contributed by atoms with van der Waals surface area (Å²) in [7, 11) is 9.22. The van der Waals surface area contributed by atoms with Gasteiger partial charge in [-0.3, -0.25) is 14.6 Å². The Bertz CT molecular complexity index is 1860. The molecule has 1 amide bonds. The maximum atomic E-state index is 12.9. The number of benzene rings is 4. The highest BCUT2D eigenvalue weighted by Gasteiger charge is 2.34. The van der Waals surface area contributed by atoms with E-state index in [1.165, 1.54) is 5.56 Å². The van der Waals surface area contributed by atoms with E-state index in [0.717, 1.165) is 60.2 Å². The fourth-order valence-electron chi connectivity index (χ4n) is 7.53. The van der Waals surface area contributed by atoms with Gasteiger partial charge in [0.1, 0.15) is 11.5 Å². The third-order valence-corrected chi connectivity index (χ3v) is 10.2. The average molecular weight is 650 g/mol. The number of fused-ring (bicyclic) bond motifs is 2. The molecule has 250 valence electrons. The predicted octanol–water partition coefficient (Wildman–Crippen LogP) is 6.00. The Morgan fingerprint density at radius 1 is 0.854 bits per heavy atom. The lowest BCUT2D eigenvalue weighted by molar-refractivity contribution is 0.0960. The van der Waals surface area contributed by atoms with E-state index in [4.69, 9.17) is 18.9 Å². The van der Waals surface area contributed by atoms with Crippen LogP contribution in [-0.4, -0.2) is 69.3 Å². The molecule has 0 saturated heterocycles. The van der Waals surface area contributed by atoms with Gasteiger partial charge in [-0.15, -0.1) is 0 Å². The number of rotatable bonds is 4. The van der Waals surface area contributed by atoms with Crippen molar-refractivity contribution in [1.82, 2.24) is 15.1 Å². The van der Waals surface area contributed by atoms with Crippen LogP contribution in [-0.2, 0) is 32.3 Å². The van der Waals surface area contributed by atoms with E-state index in [-0.39, 0.29) is 24.6 Å². The Balaban J connectivity index is 1.46. The number of methoxy groups -OCH3 is 2. The average Bonchev–Trinajstić information content (AvgIpc) is 3.10. The molecular weight excluding hydrogens is 606 g/mol. The van der Waals surface area contributed by atoms with Gasteiger partial charge in [0, 0.05) is 43.3 Å². The first-order chi connectivity index (χ1) is 23.3. The van der Waals surface area contributed by atoms with Crippen LogP contribution in [0.4, 0.5) is 0 Å². The van der Waals surface area contributed by atoms with Crippen LogP contribution in [0, 0.1) is 0 Å². The monoisotopic (exact) mass is 649 g/mol. The van der Waals surface area contributed by atoms with E-state index in [0.29, 0.717) is 52.0 Å². The lowest BCUT2D eigenvalue weighted by atomic mass is 9.86. The third kappa shape index (κ3) is 5.76. The van der Waals surface area contributed by atoms with Gasteiger partial charge in [0.2, 0.25) is 0 Å². The van der Waals surface area contributed by atoms with Gasteiger partial charge in [0.05, 0.1) is 26.4 Å². The first kappa shape index (κ1) is 32.0. The maximum absolute atomic E-state index is 12.9. The maximum Gasteiger partial charge on any atom is 0.254 e. The van der Waals surface area contributed by atoms with E-state index in [9.17, 15) is 9.90 Å². The topological polar surface area (TPSA) is 92.7 Å². The second-order valence-corrected chi connectivity index (χ2v) is 13.0. The molecule has 0 saturated carbocycles. The normalized spacial score (nSPS) is 18.9. The number of aliphatic hydroxyl groups excluding tert-OH is 1. The summed E-state index contributed by atoms with van der Waals surface area (Å²) in [4.78, 5) is 17.6. The molecule has 0 spiro atoms. The predicted molar refractivity (Wildman–Crippen MR) is 184 cm³/mol. The molecule has 0 fully saturated rings. The van der Waals surface area contributed by atoms with Crippen molar-refractivity contribution in [3.63, 3.8) is 0 Å². The van der Waals surface area contributed by atoms with Crippen LogP contribution in [0.1, 0.15) is 61.4 Å². The molecule has 0 aliphatic carbocycles. The number of amides is 1. The number of likely N-dealkylation sites (N-methyl/N-ethyl adjacent to an activating group) is 2. The summed E-state index contributed by atoms with van der Waals surface area (Å²) in [6.07, 6.45) is 3.12. The fourth-order valence-corrected chi connectivity index (χ4v) is 7.53. The van der Waals surface area contributed by atoms with Crippen molar-refractivity contribution >= 4 is 5.91 Å². The van der Waals surface area contributed by atoms with E-state index >= 15 is 0 Å². The van der Waals surface area contributed by atoms with Gasteiger partial charge in [-0.05, 0) is 110 Å². The number of nitrogens with one attached hydrogen (secondary N) is 1. The standard InChI is InChI=1S/C39H43N3O6/c1-40-39(44)29-11-8-24-17-31-30-21-35(34(45-4)20-25(30)12-14-41(31)2)48-38-36-26(19-27(22-43)37(38)46-5)13-15-42(3)32(36)16-23-6-9-28(10-7-23)47-33(29)18-24/h6-11,18-21,31-32,43H,12-17,22H2,1-5H3,(H,40,44)/t31-,32+/m1/s1. The van der Waals surface area contributed by atoms with Crippen molar-refractivity contribution in [2.75, 3.05) is 48.5 Å². The molecule has 6 bridgehead atoms. The van der Waals surface area contributed by atoms with Crippen LogP contribution in [0.2, 0.25) is 0 Å². The molecule has 9 heteroatoms. The van der Waals surface area contributed by atoms with Crippen molar-refractivity contribution < 1.29 is 28.8 Å². The van der Waals surface area contributed by atoms with Gasteiger partial charge in [-0.25, -0.2) is 0 Å². The van der Waals surface area contributed by atoms with Gasteiger partial charge < -0.3 is 29.4 Å². The minimum atomic E-state index is -0.195. The molecular formula is C39H43N3O6. The Hall–Kier alpha value is -4.57. The van der Waals surface area contributed by atoms with Gasteiger partial charge in [-0.2, -0.15) is 0 Å².